The fourth-order valence-corrected chi connectivity index (χ4v) is 3.10. The van der Waals surface area contributed by atoms with E-state index in [0.717, 1.165) is 4.90 Å². The van der Waals surface area contributed by atoms with Crippen LogP contribution in [0.2, 0.25) is 0 Å². The van der Waals surface area contributed by atoms with Crippen LogP contribution in [0.15, 0.2) is 29.2 Å². The Kier molecular flexibility index (Phi) is 13.8. The molecule has 0 heterocycles. The predicted molar refractivity (Wildman–Crippen MR) is 95.4 cm³/mol. The summed E-state index contributed by atoms with van der Waals surface area (Å²) in [6, 6.07) is 8.62. The maximum Gasteiger partial charge on any atom is 0.135 e. The van der Waals surface area contributed by atoms with Crippen molar-refractivity contribution in [1.29, 1.82) is 0 Å². The van der Waals surface area contributed by atoms with Gasteiger partial charge in [-0.3, -0.25) is 0 Å². The normalized spacial score (nSPS) is 10.1. The van der Waals surface area contributed by atoms with Crippen LogP contribution in [0.25, 0.3) is 0 Å². The summed E-state index contributed by atoms with van der Waals surface area (Å²) in [7, 11) is 0. The molecule has 0 aliphatic carbocycles. The topological polar surface area (TPSA) is 26.0 Å². The van der Waals surface area contributed by atoms with Gasteiger partial charge in [-0.25, -0.2) is 0 Å². The SMILES string of the molecule is CCCCCCCCCCc1ccc(SC(N)=S)cc1.[Zn]. The standard InChI is InChI=1S/C17H27NS2.Zn/c1-2-3-4-5-6-7-8-9-10-15-11-13-16(14-12-15)20-17(18)19;/h11-14H,2-10H2,1H3,(H2,18,19);. The third kappa shape index (κ3) is 11.3. The van der Waals surface area contributed by atoms with E-state index in [-0.39, 0.29) is 19.5 Å². The molecule has 1 aromatic carbocycles. The number of thiocarbonyl (C=S) groups is 1. The number of thioether (sulfide) groups is 1. The summed E-state index contributed by atoms with van der Waals surface area (Å²) in [5, 5.41) is 0. The van der Waals surface area contributed by atoms with Crippen LogP contribution in [-0.4, -0.2) is 4.32 Å². The molecule has 2 N–H and O–H groups in total. The number of aryl methyl sites for hydroxylation is 1. The fraction of sp³-hybridized carbons (Fsp3) is 0.588. The van der Waals surface area contributed by atoms with Crippen LogP contribution in [0.3, 0.4) is 0 Å². The first-order chi connectivity index (χ1) is 9.72. The van der Waals surface area contributed by atoms with Crippen molar-refractivity contribution in [2.75, 3.05) is 0 Å². The second-order valence-corrected chi connectivity index (χ2v) is 7.10. The molecule has 0 aliphatic heterocycles. The van der Waals surface area contributed by atoms with E-state index in [9.17, 15) is 0 Å². The summed E-state index contributed by atoms with van der Waals surface area (Å²) in [4.78, 5) is 1.14. The second-order valence-electron chi connectivity index (χ2n) is 5.29. The van der Waals surface area contributed by atoms with Crippen LogP contribution in [0, 0.1) is 0 Å². The third-order valence-corrected chi connectivity index (χ3v) is 4.42. The van der Waals surface area contributed by atoms with E-state index in [2.05, 4.69) is 31.2 Å². The smallest absolute Gasteiger partial charge is 0.135 e. The van der Waals surface area contributed by atoms with Gasteiger partial charge < -0.3 is 5.73 Å². The van der Waals surface area contributed by atoms with Gasteiger partial charge in [-0.15, -0.1) is 0 Å². The van der Waals surface area contributed by atoms with Crippen molar-refractivity contribution in [2.24, 2.45) is 5.73 Å². The average Bonchev–Trinajstić information content (AvgIpc) is 2.43. The van der Waals surface area contributed by atoms with Crippen LogP contribution in [-0.2, 0) is 25.9 Å². The maximum absolute atomic E-state index is 5.51. The summed E-state index contributed by atoms with van der Waals surface area (Å²) in [6.07, 6.45) is 12.2. The summed E-state index contributed by atoms with van der Waals surface area (Å²) in [5.41, 5.74) is 6.93. The maximum atomic E-state index is 5.51. The van der Waals surface area contributed by atoms with E-state index in [1.807, 2.05) is 0 Å². The van der Waals surface area contributed by atoms with Crippen molar-refractivity contribution >= 4 is 28.3 Å². The van der Waals surface area contributed by atoms with Gasteiger partial charge in [0.05, 0.1) is 0 Å². The molecule has 0 fully saturated rings. The Morgan fingerprint density at radius 3 is 2.00 bits per heavy atom. The van der Waals surface area contributed by atoms with Gasteiger partial charge in [0.25, 0.3) is 0 Å². The zero-order valence-corrected chi connectivity index (χ0v) is 17.9. The van der Waals surface area contributed by atoms with E-state index in [1.54, 1.807) is 0 Å². The Balaban J connectivity index is 0.00000400. The molecule has 0 atom stereocenters. The van der Waals surface area contributed by atoms with Crippen molar-refractivity contribution < 1.29 is 19.5 Å². The predicted octanol–water partition coefficient (Wildman–Crippen LogP) is 5.70. The minimum Gasteiger partial charge on any atom is -0.384 e. The largest absolute Gasteiger partial charge is 0.384 e. The first-order valence-electron chi connectivity index (χ1n) is 7.78. The average molecular weight is 375 g/mol. The molecule has 0 radical (unpaired) electrons. The Bertz CT molecular complexity index is 379. The molecule has 1 nitrogen and oxygen atoms in total. The summed E-state index contributed by atoms with van der Waals surface area (Å²) in [5.74, 6) is 0. The van der Waals surface area contributed by atoms with Gasteiger partial charge in [0.15, 0.2) is 0 Å². The van der Waals surface area contributed by atoms with Crippen molar-refractivity contribution in [3.63, 3.8) is 0 Å². The monoisotopic (exact) mass is 373 g/mol. The molecule has 0 amide bonds. The van der Waals surface area contributed by atoms with Crippen molar-refractivity contribution in [2.45, 2.75) is 69.6 Å². The minimum absolute atomic E-state index is 0. The number of hydrogen-bond acceptors (Lipinski definition) is 2. The molecule has 1 rings (SSSR count). The van der Waals surface area contributed by atoms with Gasteiger partial charge in [-0.05, 0) is 30.5 Å². The molecule has 4 heteroatoms. The number of benzene rings is 1. The minimum atomic E-state index is 0. The molecule has 0 saturated heterocycles. The Morgan fingerprint density at radius 2 is 1.48 bits per heavy atom. The molecule has 0 bridgehead atoms. The quantitative estimate of drug-likeness (QED) is 0.246. The first-order valence-corrected chi connectivity index (χ1v) is 9.01. The third-order valence-electron chi connectivity index (χ3n) is 3.46. The molecule has 114 valence electrons. The molecule has 21 heavy (non-hydrogen) atoms. The fourth-order valence-electron chi connectivity index (χ4n) is 2.30. The van der Waals surface area contributed by atoms with Gasteiger partial charge in [0.2, 0.25) is 0 Å². The summed E-state index contributed by atoms with van der Waals surface area (Å²) >= 11 is 6.35. The van der Waals surface area contributed by atoms with E-state index >= 15 is 0 Å². The van der Waals surface area contributed by atoms with E-state index in [0.29, 0.717) is 4.32 Å². The summed E-state index contributed by atoms with van der Waals surface area (Å²) in [6.45, 7) is 2.27. The van der Waals surface area contributed by atoms with Gasteiger partial charge >= 0.3 is 0 Å². The van der Waals surface area contributed by atoms with E-state index in [4.69, 9.17) is 18.0 Å². The molecule has 0 unspecified atom stereocenters. The zero-order chi connectivity index (χ0) is 14.6. The Hall–Kier alpha value is 0.0834. The van der Waals surface area contributed by atoms with Crippen LogP contribution < -0.4 is 5.73 Å². The van der Waals surface area contributed by atoms with Crippen LogP contribution >= 0.6 is 24.0 Å². The molecule has 0 aromatic heterocycles. The molecule has 1 aromatic rings. The van der Waals surface area contributed by atoms with Crippen LogP contribution in [0.5, 0.6) is 0 Å². The van der Waals surface area contributed by atoms with E-state index in [1.165, 1.54) is 75.1 Å². The Morgan fingerprint density at radius 1 is 0.952 bits per heavy atom. The number of nitrogens with two attached hydrogens (primary N) is 1. The molecular weight excluding hydrogens is 348 g/mol. The zero-order valence-electron chi connectivity index (χ0n) is 13.3. The van der Waals surface area contributed by atoms with E-state index < -0.39 is 0 Å². The Labute approximate surface area is 152 Å². The summed E-state index contributed by atoms with van der Waals surface area (Å²) < 4.78 is 0.487. The molecule has 0 aliphatic rings. The molecular formula is C17H27NS2Zn. The number of hydrogen-bond donors (Lipinski definition) is 1. The van der Waals surface area contributed by atoms with Gasteiger partial charge in [-0.1, -0.05) is 88.0 Å². The van der Waals surface area contributed by atoms with Crippen LogP contribution in [0.4, 0.5) is 0 Å². The number of unbranched alkanes of at least 4 members (excludes halogenated alkanes) is 7. The van der Waals surface area contributed by atoms with Gasteiger partial charge in [0.1, 0.15) is 4.32 Å². The van der Waals surface area contributed by atoms with Crippen LogP contribution in [0.1, 0.15) is 63.9 Å². The van der Waals surface area contributed by atoms with Crippen molar-refractivity contribution in [3.05, 3.63) is 29.8 Å². The molecule has 0 spiro atoms. The second kappa shape index (κ2) is 13.7. The van der Waals surface area contributed by atoms with Crippen molar-refractivity contribution in [1.82, 2.24) is 0 Å². The van der Waals surface area contributed by atoms with Gasteiger partial charge in [-0.2, -0.15) is 0 Å². The van der Waals surface area contributed by atoms with Gasteiger partial charge in [0, 0.05) is 24.4 Å². The molecule has 0 saturated carbocycles. The number of rotatable bonds is 10. The first kappa shape index (κ1) is 21.1. The van der Waals surface area contributed by atoms with Crippen molar-refractivity contribution in [3.8, 4) is 0 Å².